The summed E-state index contributed by atoms with van der Waals surface area (Å²) in [5, 5.41) is 8.06. The summed E-state index contributed by atoms with van der Waals surface area (Å²) in [6.07, 6.45) is 4.62. The van der Waals surface area contributed by atoms with Gasteiger partial charge in [0, 0.05) is 5.69 Å². The van der Waals surface area contributed by atoms with Gasteiger partial charge in [0.2, 0.25) is 5.91 Å². The van der Waals surface area contributed by atoms with Crippen molar-refractivity contribution < 1.29 is 4.79 Å². The zero-order valence-corrected chi connectivity index (χ0v) is 13.7. The molecule has 0 aliphatic heterocycles. The van der Waals surface area contributed by atoms with Crippen LogP contribution in [0.25, 0.3) is 0 Å². The van der Waals surface area contributed by atoms with E-state index < -0.39 is 5.54 Å². The van der Waals surface area contributed by atoms with Crippen LogP contribution < -0.4 is 11.1 Å². The second-order valence-corrected chi connectivity index (χ2v) is 6.17. The van der Waals surface area contributed by atoms with Gasteiger partial charge in [0.25, 0.3) is 0 Å². The Morgan fingerprint density at radius 2 is 2.19 bits per heavy atom. The maximum Gasteiger partial charge on any atom is 0.237 e. The number of aromatic nitrogens is 2. The molecule has 0 aromatic carbocycles. The smallest absolute Gasteiger partial charge is 0.237 e. The normalized spacial score (nSPS) is 26.0. The fourth-order valence-electron chi connectivity index (χ4n) is 3.83. The van der Waals surface area contributed by atoms with Gasteiger partial charge in [-0.2, -0.15) is 5.10 Å². The van der Waals surface area contributed by atoms with E-state index in [1.165, 1.54) is 11.3 Å². The molecule has 0 bridgehead atoms. The summed E-state index contributed by atoms with van der Waals surface area (Å²) in [6, 6.07) is 0.254. The van der Waals surface area contributed by atoms with Gasteiger partial charge in [0.1, 0.15) is 0 Å². The average molecular weight is 292 g/mol. The highest BCUT2D eigenvalue weighted by molar-refractivity contribution is 5.84. The minimum Gasteiger partial charge on any atom is -0.368 e. The third kappa shape index (κ3) is 2.84. The summed E-state index contributed by atoms with van der Waals surface area (Å²) in [5.74, 6) is -0.230. The fraction of sp³-hybridized carbons (Fsp3) is 0.750. The number of rotatable bonds is 5. The van der Waals surface area contributed by atoms with Gasteiger partial charge in [0.05, 0.1) is 17.3 Å². The highest BCUT2D eigenvalue weighted by atomic mass is 16.1. The van der Waals surface area contributed by atoms with Crippen LogP contribution in [0.1, 0.15) is 62.5 Å². The monoisotopic (exact) mass is 292 g/mol. The maximum absolute atomic E-state index is 12.0. The van der Waals surface area contributed by atoms with Gasteiger partial charge < -0.3 is 11.1 Å². The van der Waals surface area contributed by atoms with Gasteiger partial charge >= 0.3 is 0 Å². The second kappa shape index (κ2) is 6.18. The lowest BCUT2D eigenvalue weighted by Gasteiger charge is -2.39. The Kier molecular flexibility index (Phi) is 4.71. The lowest BCUT2D eigenvalue weighted by Crippen LogP contribution is -2.58. The molecule has 118 valence electrons. The molecule has 1 fully saturated rings. The van der Waals surface area contributed by atoms with E-state index in [-0.39, 0.29) is 11.9 Å². The molecule has 1 heterocycles. The van der Waals surface area contributed by atoms with Gasteiger partial charge in [-0.25, -0.2) is 0 Å². The molecule has 21 heavy (non-hydrogen) atoms. The summed E-state index contributed by atoms with van der Waals surface area (Å²) in [5.41, 5.74) is 8.79. The number of primary amides is 1. The molecule has 0 saturated heterocycles. The first-order chi connectivity index (χ1) is 9.95. The topological polar surface area (TPSA) is 72.9 Å². The highest BCUT2D eigenvalue weighted by Crippen LogP contribution is 2.36. The zero-order valence-electron chi connectivity index (χ0n) is 13.7. The van der Waals surface area contributed by atoms with E-state index in [0.29, 0.717) is 0 Å². The molecule has 1 aliphatic carbocycles. The predicted octanol–water partition coefficient (Wildman–Crippen LogP) is 2.01. The molecular weight excluding hydrogens is 264 g/mol. The van der Waals surface area contributed by atoms with Crippen molar-refractivity contribution in [3.8, 4) is 0 Å². The van der Waals surface area contributed by atoms with Crippen molar-refractivity contribution in [2.45, 2.75) is 71.4 Å². The first-order valence-electron chi connectivity index (χ1n) is 8.04. The van der Waals surface area contributed by atoms with Crippen molar-refractivity contribution in [3.05, 3.63) is 17.0 Å². The Labute approximate surface area is 127 Å². The van der Waals surface area contributed by atoms with Crippen molar-refractivity contribution in [3.63, 3.8) is 0 Å². The van der Waals surface area contributed by atoms with Crippen LogP contribution in [0.5, 0.6) is 0 Å². The average Bonchev–Trinajstić information content (AvgIpc) is 2.74. The molecule has 0 radical (unpaired) electrons. The molecule has 0 spiro atoms. The Morgan fingerprint density at radius 3 is 2.71 bits per heavy atom. The summed E-state index contributed by atoms with van der Waals surface area (Å²) in [6.45, 7) is 9.14. The van der Waals surface area contributed by atoms with Crippen molar-refractivity contribution in [2.24, 2.45) is 5.73 Å². The van der Waals surface area contributed by atoms with Crippen molar-refractivity contribution in [2.75, 3.05) is 6.54 Å². The SMILES string of the molecule is CCNC1(C(N)=O)CCCC(n2nc(C)c(CC)c2C)C1. The molecule has 1 aromatic heterocycles. The third-order valence-electron chi connectivity index (χ3n) is 4.89. The number of nitrogens with zero attached hydrogens (tertiary/aromatic N) is 2. The number of hydrogen-bond acceptors (Lipinski definition) is 3. The molecule has 1 aromatic rings. The van der Waals surface area contributed by atoms with Crippen LogP contribution in [-0.2, 0) is 11.2 Å². The van der Waals surface area contributed by atoms with Crippen LogP contribution in [0.2, 0.25) is 0 Å². The van der Waals surface area contributed by atoms with E-state index in [1.807, 2.05) is 6.92 Å². The molecule has 3 N–H and O–H groups in total. The minimum absolute atomic E-state index is 0.230. The first kappa shape index (κ1) is 16.0. The number of amides is 1. The highest BCUT2D eigenvalue weighted by Gasteiger charge is 2.41. The van der Waals surface area contributed by atoms with E-state index in [0.717, 1.165) is 44.3 Å². The van der Waals surface area contributed by atoms with E-state index in [9.17, 15) is 4.79 Å². The quantitative estimate of drug-likeness (QED) is 0.872. The lowest BCUT2D eigenvalue weighted by atomic mass is 9.78. The second-order valence-electron chi connectivity index (χ2n) is 6.17. The largest absolute Gasteiger partial charge is 0.368 e. The van der Waals surface area contributed by atoms with Crippen molar-refractivity contribution >= 4 is 5.91 Å². The third-order valence-corrected chi connectivity index (χ3v) is 4.89. The number of aryl methyl sites for hydroxylation is 1. The van der Waals surface area contributed by atoms with Gasteiger partial charge in [-0.3, -0.25) is 9.48 Å². The summed E-state index contributed by atoms with van der Waals surface area (Å²) >= 11 is 0. The van der Waals surface area contributed by atoms with Crippen molar-refractivity contribution in [1.82, 2.24) is 15.1 Å². The molecular formula is C16H28N4O. The van der Waals surface area contributed by atoms with E-state index >= 15 is 0 Å². The Hall–Kier alpha value is -1.36. The summed E-state index contributed by atoms with van der Waals surface area (Å²) < 4.78 is 2.13. The first-order valence-corrected chi connectivity index (χ1v) is 8.04. The molecule has 5 nitrogen and oxygen atoms in total. The maximum atomic E-state index is 12.0. The van der Waals surface area contributed by atoms with Crippen LogP contribution in [0.4, 0.5) is 0 Å². The van der Waals surface area contributed by atoms with Crippen LogP contribution >= 0.6 is 0 Å². The minimum atomic E-state index is -0.573. The number of nitrogens with two attached hydrogens (primary N) is 1. The Balaban J connectivity index is 2.31. The van der Waals surface area contributed by atoms with Crippen LogP contribution in [0.15, 0.2) is 0 Å². The molecule has 1 amide bonds. The summed E-state index contributed by atoms with van der Waals surface area (Å²) in [7, 11) is 0. The Bertz CT molecular complexity index is 519. The van der Waals surface area contributed by atoms with Crippen LogP contribution in [0.3, 0.4) is 0 Å². The summed E-state index contributed by atoms with van der Waals surface area (Å²) in [4.78, 5) is 12.0. The standard InChI is InChI=1S/C16H28N4O/c1-5-14-11(3)19-20(12(14)4)13-8-7-9-16(10-13,15(17)21)18-6-2/h13,18H,5-10H2,1-4H3,(H2,17,21). The van der Waals surface area contributed by atoms with Gasteiger partial charge in [-0.05, 0) is 58.1 Å². The zero-order chi connectivity index (χ0) is 15.6. The van der Waals surface area contributed by atoms with E-state index in [2.05, 4.69) is 30.8 Å². The molecule has 5 heteroatoms. The number of nitrogens with one attached hydrogen (secondary N) is 1. The molecule has 2 unspecified atom stereocenters. The Morgan fingerprint density at radius 1 is 1.48 bits per heavy atom. The molecule has 2 rings (SSSR count). The van der Waals surface area contributed by atoms with Gasteiger partial charge in [0.15, 0.2) is 0 Å². The number of hydrogen-bond donors (Lipinski definition) is 2. The fourth-order valence-corrected chi connectivity index (χ4v) is 3.83. The van der Waals surface area contributed by atoms with E-state index in [1.54, 1.807) is 0 Å². The number of likely N-dealkylation sites (N-methyl/N-ethyl adjacent to an activating group) is 1. The molecule has 2 atom stereocenters. The lowest BCUT2D eigenvalue weighted by molar-refractivity contribution is -0.126. The van der Waals surface area contributed by atoms with Crippen LogP contribution in [0, 0.1) is 13.8 Å². The van der Waals surface area contributed by atoms with Gasteiger partial charge in [-0.1, -0.05) is 13.8 Å². The van der Waals surface area contributed by atoms with Gasteiger partial charge in [-0.15, -0.1) is 0 Å². The van der Waals surface area contributed by atoms with Crippen molar-refractivity contribution in [1.29, 1.82) is 0 Å². The number of carbonyl (C=O) groups excluding carboxylic acids is 1. The van der Waals surface area contributed by atoms with Crippen LogP contribution in [-0.4, -0.2) is 27.8 Å². The number of carbonyl (C=O) groups is 1. The molecule has 1 saturated carbocycles. The predicted molar refractivity (Wildman–Crippen MR) is 84.2 cm³/mol. The molecule has 1 aliphatic rings. The van der Waals surface area contributed by atoms with E-state index in [4.69, 9.17) is 10.8 Å².